The number of nitrogens with zero attached hydrogens (tertiary/aromatic N) is 1. The van der Waals surface area contributed by atoms with Crippen molar-refractivity contribution in [2.45, 2.75) is 13.8 Å². The molecule has 1 N–H and O–H groups in total. The van der Waals surface area contributed by atoms with Gasteiger partial charge >= 0.3 is 0 Å². The second-order valence-electron chi connectivity index (χ2n) is 5.05. The Morgan fingerprint density at radius 1 is 0.850 bits per heavy atom. The van der Waals surface area contributed by atoms with E-state index in [9.17, 15) is 5.11 Å². The molecule has 0 saturated carbocycles. The number of benzene rings is 2. The molecule has 0 bridgehead atoms. The lowest BCUT2D eigenvalue weighted by Crippen LogP contribution is -1.99. The van der Waals surface area contributed by atoms with Gasteiger partial charge in [0, 0.05) is 5.69 Å². The zero-order valence-electron chi connectivity index (χ0n) is 11.7. The van der Waals surface area contributed by atoms with Crippen LogP contribution in [0.3, 0.4) is 0 Å². The third-order valence-electron chi connectivity index (χ3n) is 3.52. The van der Waals surface area contributed by atoms with Crippen molar-refractivity contribution in [3.63, 3.8) is 0 Å². The number of hydrogen-bond acceptors (Lipinski definition) is 1. The molecule has 2 heteroatoms. The second-order valence-corrected chi connectivity index (χ2v) is 5.05. The molecule has 1 aromatic heterocycles. The van der Waals surface area contributed by atoms with Crippen LogP contribution in [-0.4, -0.2) is 9.67 Å². The van der Waals surface area contributed by atoms with Gasteiger partial charge in [0.2, 0.25) is 0 Å². The number of hydrogen-bond donors (Lipinski definition) is 1. The van der Waals surface area contributed by atoms with Gasteiger partial charge in [0.1, 0.15) is 5.75 Å². The van der Waals surface area contributed by atoms with Crippen LogP contribution < -0.4 is 0 Å². The van der Waals surface area contributed by atoms with Crippen LogP contribution in [0.5, 0.6) is 5.75 Å². The van der Waals surface area contributed by atoms with Gasteiger partial charge in [-0.25, -0.2) is 0 Å². The molecule has 2 nitrogen and oxygen atoms in total. The fourth-order valence-electron chi connectivity index (χ4n) is 2.51. The van der Waals surface area contributed by atoms with Crippen LogP contribution in [0, 0.1) is 13.8 Å². The molecule has 0 aliphatic rings. The first kappa shape index (κ1) is 12.5. The zero-order valence-corrected chi connectivity index (χ0v) is 11.7. The predicted octanol–water partition coefficient (Wildman–Crippen LogP) is 4.47. The lowest BCUT2D eigenvalue weighted by Gasteiger charge is -2.14. The standard InChI is InChI=1S/C18H17NO/c1-13-8-11-18(20)17(12-13)19-14(2)9-10-16(19)15-6-4-3-5-7-15/h3-12,20H,1-2H3. The average Bonchev–Trinajstić information content (AvgIpc) is 2.84. The number of phenolic OH excluding ortho intramolecular Hbond substituents is 1. The van der Waals surface area contributed by atoms with E-state index in [1.165, 1.54) is 0 Å². The maximum Gasteiger partial charge on any atom is 0.139 e. The van der Waals surface area contributed by atoms with Gasteiger partial charge in [-0.15, -0.1) is 0 Å². The molecule has 20 heavy (non-hydrogen) atoms. The van der Waals surface area contributed by atoms with Crippen molar-refractivity contribution in [3.05, 3.63) is 71.9 Å². The monoisotopic (exact) mass is 263 g/mol. The Morgan fingerprint density at radius 3 is 2.35 bits per heavy atom. The van der Waals surface area contributed by atoms with Gasteiger partial charge in [0.25, 0.3) is 0 Å². The first-order valence-electron chi connectivity index (χ1n) is 6.70. The highest BCUT2D eigenvalue weighted by molar-refractivity contribution is 5.66. The summed E-state index contributed by atoms with van der Waals surface area (Å²) in [5.41, 5.74) is 5.28. The minimum absolute atomic E-state index is 0.298. The van der Waals surface area contributed by atoms with Crippen LogP contribution in [0.1, 0.15) is 11.3 Å². The summed E-state index contributed by atoms with van der Waals surface area (Å²) < 4.78 is 2.09. The van der Waals surface area contributed by atoms with E-state index in [-0.39, 0.29) is 0 Å². The second kappa shape index (κ2) is 4.89. The molecular formula is C18H17NO. The summed E-state index contributed by atoms with van der Waals surface area (Å²) in [6.07, 6.45) is 0. The summed E-state index contributed by atoms with van der Waals surface area (Å²) in [5, 5.41) is 10.2. The van der Waals surface area contributed by atoms with Crippen LogP contribution in [0.25, 0.3) is 16.9 Å². The summed E-state index contributed by atoms with van der Waals surface area (Å²) in [5.74, 6) is 0.298. The lowest BCUT2D eigenvalue weighted by molar-refractivity contribution is 0.472. The summed E-state index contributed by atoms with van der Waals surface area (Å²) in [4.78, 5) is 0. The normalized spacial score (nSPS) is 10.7. The molecule has 3 aromatic rings. The van der Waals surface area contributed by atoms with E-state index >= 15 is 0 Å². The van der Waals surface area contributed by atoms with Gasteiger partial charge in [-0.05, 0) is 49.2 Å². The summed E-state index contributed by atoms with van der Waals surface area (Å²) in [6.45, 7) is 4.08. The third-order valence-corrected chi connectivity index (χ3v) is 3.52. The first-order valence-corrected chi connectivity index (χ1v) is 6.70. The summed E-state index contributed by atoms with van der Waals surface area (Å²) in [7, 11) is 0. The van der Waals surface area contributed by atoms with Crippen LogP contribution in [0.4, 0.5) is 0 Å². The number of aryl methyl sites for hydroxylation is 2. The Morgan fingerprint density at radius 2 is 1.60 bits per heavy atom. The van der Waals surface area contributed by atoms with Gasteiger partial charge in [0.05, 0.1) is 11.4 Å². The number of rotatable bonds is 2. The van der Waals surface area contributed by atoms with E-state index in [0.29, 0.717) is 5.75 Å². The summed E-state index contributed by atoms with van der Waals surface area (Å²) in [6, 6.07) is 20.1. The number of aromatic hydroxyl groups is 1. The van der Waals surface area contributed by atoms with Crippen molar-refractivity contribution in [3.8, 4) is 22.7 Å². The smallest absolute Gasteiger partial charge is 0.139 e. The van der Waals surface area contributed by atoms with Crippen molar-refractivity contribution >= 4 is 0 Å². The fourth-order valence-corrected chi connectivity index (χ4v) is 2.51. The van der Waals surface area contributed by atoms with E-state index in [1.54, 1.807) is 6.07 Å². The molecule has 1 heterocycles. The van der Waals surface area contributed by atoms with Crippen molar-refractivity contribution < 1.29 is 5.11 Å². The molecule has 0 unspecified atom stereocenters. The Kier molecular flexibility index (Phi) is 3.07. The molecule has 0 amide bonds. The van der Waals surface area contributed by atoms with Crippen LogP contribution in [-0.2, 0) is 0 Å². The van der Waals surface area contributed by atoms with Crippen molar-refractivity contribution in [2.24, 2.45) is 0 Å². The molecule has 0 aliphatic heterocycles. The average molecular weight is 263 g/mol. The van der Waals surface area contributed by atoms with Crippen LogP contribution in [0.2, 0.25) is 0 Å². The van der Waals surface area contributed by atoms with E-state index in [4.69, 9.17) is 0 Å². The van der Waals surface area contributed by atoms with Gasteiger partial charge in [0.15, 0.2) is 0 Å². The third kappa shape index (κ3) is 2.10. The van der Waals surface area contributed by atoms with E-state index in [1.807, 2.05) is 44.2 Å². The predicted molar refractivity (Wildman–Crippen MR) is 82.3 cm³/mol. The Bertz CT molecular complexity index is 741. The molecule has 100 valence electrons. The number of phenols is 1. The lowest BCUT2D eigenvalue weighted by atomic mass is 10.1. The van der Waals surface area contributed by atoms with Gasteiger partial charge < -0.3 is 9.67 Å². The van der Waals surface area contributed by atoms with Crippen LogP contribution in [0.15, 0.2) is 60.7 Å². The van der Waals surface area contributed by atoms with Gasteiger partial charge in [-0.2, -0.15) is 0 Å². The molecule has 0 spiro atoms. The molecule has 0 saturated heterocycles. The summed E-state index contributed by atoms with van der Waals surface area (Å²) >= 11 is 0. The zero-order chi connectivity index (χ0) is 14.1. The maximum absolute atomic E-state index is 10.2. The topological polar surface area (TPSA) is 25.2 Å². The highest BCUT2D eigenvalue weighted by Crippen LogP contribution is 2.31. The van der Waals surface area contributed by atoms with E-state index < -0.39 is 0 Å². The van der Waals surface area contributed by atoms with Crippen molar-refractivity contribution in [2.75, 3.05) is 0 Å². The van der Waals surface area contributed by atoms with Crippen LogP contribution >= 0.6 is 0 Å². The molecular weight excluding hydrogens is 246 g/mol. The largest absolute Gasteiger partial charge is 0.506 e. The highest BCUT2D eigenvalue weighted by Gasteiger charge is 2.12. The fraction of sp³-hybridized carbons (Fsp3) is 0.111. The molecule has 0 radical (unpaired) electrons. The van der Waals surface area contributed by atoms with E-state index in [2.05, 4.69) is 28.8 Å². The maximum atomic E-state index is 10.2. The Hall–Kier alpha value is -2.48. The van der Waals surface area contributed by atoms with E-state index in [0.717, 1.165) is 28.2 Å². The SMILES string of the molecule is Cc1ccc(O)c(-n2c(C)ccc2-c2ccccc2)c1. The van der Waals surface area contributed by atoms with Gasteiger partial charge in [-0.1, -0.05) is 36.4 Å². The number of aromatic nitrogens is 1. The Labute approximate surface area is 118 Å². The first-order chi connectivity index (χ1) is 9.66. The minimum Gasteiger partial charge on any atom is -0.506 e. The molecule has 2 aromatic carbocycles. The molecule has 3 rings (SSSR count). The quantitative estimate of drug-likeness (QED) is 0.725. The molecule has 0 atom stereocenters. The van der Waals surface area contributed by atoms with Crippen molar-refractivity contribution in [1.82, 2.24) is 4.57 Å². The Balaban J connectivity index is 2.24. The van der Waals surface area contributed by atoms with Gasteiger partial charge in [-0.3, -0.25) is 0 Å². The highest BCUT2D eigenvalue weighted by atomic mass is 16.3. The van der Waals surface area contributed by atoms with Crippen molar-refractivity contribution in [1.29, 1.82) is 0 Å². The minimum atomic E-state index is 0.298. The molecule has 0 aliphatic carbocycles. The molecule has 0 fully saturated rings.